The lowest BCUT2D eigenvalue weighted by atomic mass is 10.0. The lowest BCUT2D eigenvalue weighted by Crippen LogP contribution is -2.37. The molecule has 1 aromatic heterocycles. The van der Waals surface area contributed by atoms with Gasteiger partial charge in [0, 0.05) is 28.9 Å². The van der Waals surface area contributed by atoms with Gasteiger partial charge in [-0.15, -0.1) is 0 Å². The smallest absolute Gasteiger partial charge is 0.347 e. The second-order valence-corrected chi connectivity index (χ2v) is 9.57. The van der Waals surface area contributed by atoms with Crippen LogP contribution < -0.4 is 14.2 Å². The number of benzene rings is 2. The Morgan fingerprint density at radius 3 is 2.48 bits per heavy atom. The Kier molecular flexibility index (Phi) is 6.80. The summed E-state index contributed by atoms with van der Waals surface area (Å²) in [5.41, 5.74) is -0.990. The number of carbonyl (C=O) groups is 1. The van der Waals surface area contributed by atoms with Crippen LogP contribution in [0.5, 0.6) is 11.5 Å². The minimum Gasteiger partial charge on any atom is -0.495 e. The molecule has 8 nitrogen and oxygen atoms in total. The van der Waals surface area contributed by atoms with Crippen LogP contribution in [-0.4, -0.2) is 37.2 Å². The molecule has 2 N–H and O–H groups in total. The molecular formula is C22H20ClFN2O6S. The van der Waals surface area contributed by atoms with Crippen molar-refractivity contribution in [2.45, 2.75) is 24.3 Å². The molecule has 0 atom stereocenters. The standard InChI is InChI=1S/C22H20ClFN2O6S/c1-22(2,21(27)28)32-16-4-5-19(13-6-14(23)8-15(24)7-13)20(10-16)26-33(29,30)18-9-17(31-3)11-25-12-18/h4-12,26H,1-3H3,(H,27,28). The van der Waals surface area contributed by atoms with Crippen molar-refractivity contribution in [3.8, 4) is 22.6 Å². The molecule has 0 aliphatic heterocycles. The van der Waals surface area contributed by atoms with E-state index in [2.05, 4.69) is 9.71 Å². The molecule has 11 heteroatoms. The number of rotatable bonds is 8. The number of carboxylic acid groups (broad SMARTS) is 1. The lowest BCUT2D eigenvalue weighted by molar-refractivity contribution is -0.152. The summed E-state index contributed by atoms with van der Waals surface area (Å²) in [4.78, 5) is 15.1. The summed E-state index contributed by atoms with van der Waals surface area (Å²) in [6.45, 7) is 2.70. The van der Waals surface area contributed by atoms with Crippen molar-refractivity contribution in [2.75, 3.05) is 11.8 Å². The van der Waals surface area contributed by atoms with Gasteiger partial charge in [-0.05, 0) is 49.7 Å². The molecule has 0 saturated heterocycles. The van der Waals surface area contributed by atoms with E-state index in [1.165, 1.54) is 63.6 Å². The monoisotopic (exact) mass is 494 g/mol. The first-order chi connectivity index (χ1) is 15.4. The molecule has 0 unspecified atom stereocenters. The van der Waals surface area contributed by atoms with Gasteiger partial charge in [-0.1, -0.05) is 11.6 Å². The molecular weight excluding hydrogens is 475 g/mol. The SMILES string of the molecule is COc1cncc(S(=O)(=O)Nc2cc(OC(C)(C)C(=O)O)ccc2-c2cc(F)cc(Cl)c2)c1. The Morgan fingerprint density at radius 2 is 1.85 bits per heavy atom. The first-order valence-electron chi connectivity index (χ1n) is 9.46. The maximum Gasteiger partial charge on any atom is 0.347 e. The molecule has 1 heterocycles. The molecule has 33 heavy (non-hydrogen) atoms. The van der Waals surface area contributed by atoms with Crippen LogP contribution in [0.2, 0.25) is 5.02 Å². The highest BCUT2D eigenvalue weighted by Crippen LogP contribution is 2.36. The van der Waals surface area contributed by atoms with E-state index >= 15 is 0 Å². The second kappa shape index (κ2) is 9.24. The van der Waals surface area contributed by atoms with E-state index in [1.807, 2.05) is 0 Å². The molecule has 0 aliphatic rings. The highest BCUT2D eigenvalue weighted by atomic mass is 35.5. The van der Waals surface area contributed by atoms with E-state index in [0.717, 1.165) is 12.3 Å². The fraction of sp³-hybridized carbons (Fsp3) is 0.182. The van der Waals surface area contributed by atoms with Gasteiger partial charge in [0.25, 0.3) is 10.0 Å². The third-order valence-electron chi connectivity index (χ3n) is 4.53. The number of aromatic nitrogens is 1. The summed E-state index contributed by atoms with van der Waals surface area (Å²) in [5, 5.41) is 9.45. The largest absolute Gasteiger partial charge is 0.495 e. The fourth-order valence-electron chi connectivity index (χ4n) is 2.83. The number of anilines is 1. The first-order valence-corrected chi connectivity index (χ1v) is 11.3. The van der Waals surface area contributed by atoms with Crippen LogP contribution in [0.1, 0.15) is 13.8 Å². The average molecular weight is 495 g/mol. The summed E-state index contributed by atoms with van der Waals surface area (Å²) in [6, 6.07) is 9.28. The van der Waals surface area contributed by atoms with Crippen LogP contribution >= 0.6 is 11.6 Å². The number of ether oxygens (including phenoxy) is 2. The van der Waals surface area contributed by atoms with Crippen LogP contribution in [0.4, 0.5) is 10.1 Å². The third-order valence-corrected chi connectivity index (χ3v) is 6.08. The number of pyridine rings is 1. The number of sulfonamides is 1. The van der Waals surface area contributed by atoms with Crippen molar-refractivity contribution in [3.63, 3.8) is 0 Å². The van der Waals surface area contributed by atoms with Crippen molar-refractivity contribution in [1.29, 1.82) is 0 Å². The van der Waals surface area contributed by atoms with Gasteiger partial charge < -0.3 is 14.6 Å². The molecule has 3 aromatic rings. The van der Waals surface area contributed by atoms with Crippen molar-refractivity contribution in [2.24, 2.45) is 0 Å². The topological polar surface area (TPSA) is 115 Å². The Hall–Kier alpha value is -3.37. The van der Waals surface area contributed by atoms with Crippen LogP contribution in [0, 0.1) is 5.82 Å². The predicted molar refractivity (Wildman–Crippen MR) is 121 cm³/mol. The normalized spacial score (nSPS) is 11.7. The Labute approximate surface area is 195 Å². The number of hydrogen-bond acceptors (Lipinski definition) is 6. The fourth-order valence-corrected chi connectivity index (χ4v) is 4.10. The molecule has 0 spiro atoms. The number of aliphatic carboxylic acids is 1. The molecule has 0 amide bonds. The van der Waals surface area contributed by atoms with Crippen LogP contribution in [0.3, 0.4) is 0 Å². The number of nitrogens with zero attached hydrogens (tertiary/aromatic N) is 1. The molecule has 174 valence electrons. The van der Waals surface area contributed by atoms with Crippen molar-refractivity contribution < 1.29 is 32.2 Å². The van der Waals surface area contributed by atoms with Gasteiger partial charge in [0.05, 0.1) is 19.0 Å². The second-order valence-electron chi connectivity index (χ2n) is 7.45. The van der Waals surface area contributed by atoms with Gasteiger partial charge in [-0.25, -0.2) is 17.6 Å². The van der Waals surface area contributed by atoms with Gasteiger partial charge in [-0.2, -0.15) is 0 Å². The summed E-state index contributed by atoms with van der Waals surface area (Å²) in [7, 11) is -2.79. The minimum atomic E-state index is -4.16. The van der Waals surface area contributed by atoms with E-state index in [-0.39, 0.29) is 32.7 Å². The van der Waals surface area contributed by atoms with Crippen molar-refractivity contribution in [3.05, 3.63) is 65.7 Å². The summed E-state index contributed by atoms with van der Waals surface area (Å²) < 4.78 is 53.1. The minimum absolute atomic E-state index is 0.0122. The lowest BCUT2D eigenvalue weighted by Gasteiger charge is -2.23. The molecule has 0 radical (unpaired) electrons. The third kappa shape index (κ3) is 5.71. The molecule has 3 rings (SSSR count). The highest BCUT2D eigenvalue weighted by molar-refractivity contribution is 7.92. The number of hydrogen-bond donors (Lipinski definition) is 2. The van der Waals surface area contributed by atoms with Crippen LogP contribution in [-0.2, 0) is 14.8 Å². The van der Waals surface area contributed by atoms with Gasteiger partial charge in [0.15, 0.2) is 5.60 Å². The zero-order valence-electron chi connectivity index (χ0n) is 17.8. The Morgan fingerprint density at radius 1 is 1.12 bits per heavy atom. The van der Waals surface area contributed by atoms with Crippen molar-refractivity contribution >= 4 is 33.3 Å². The quantitative estimate of drug-likeness (QED) is 0.470. The average Bonchev–Trinajstić information content (AvgIpc) is 2.72. The molecule has 0 bridgehead atoms. The van der Waals surface area contributed by atoms with E-state index < -0.39 is 27.4 Å². The molecule has 0 fully saturated rings. The van der Waals surface area contributed by atoms with Crippen LogP contribution in [0.25, 0.3) is 11.1 Å². The molecule has 0 saturated carbocycles. The Balaban J connectivity index is 2.12. The summed E-state index contributed by atoms with van der Waals surface area (Å²) in [6.07, 6.45) is 2.49. The van der Waals surface area contributed by atoms with Gasteiger partial charge in [-0.3, -0.25) is 9.71 Å². The maximum absolute atomic E-state index is 14.0. The van der Waals surface area contributed by atoms with E-state index in [9.17, 15) is 22.7 Å². The van der Waals surface area contributed by atoms with Gasteiger partial charge >= 0.3 is 5.97 Å². The summed E-state index contributed by atoms with van der Waals surface area (Å²) in [5.74, 6) is -1.52. The maximum atomic E-state index is 14.0. The Bertz CT molecular complexity index is 1290. The van der Waals surface area contributed by atoms with E-state index in [1.54, 1.807) is 0 Å². The zero-order chi connectivity index (χ0) is 24.4. The molecule has 0 aliphatic carbocycles. The van der Waals surface area contributed by atoms with Crippen molar-refractivity contribution in [1.82, 2.24) is 4.98 Å². The van der Waals surface area contributed by atoms with Crippen LogP contribution in [0.15, 0.2) is 59.8 Å². The van der Waals surface area contributed by atoms with Gasteiger partial charge in [0.1, 0.15) is 22.2 Å². The highest BCUT2D eigenvalue weighted by Gasteiger charge is 2.30. The number of methoxy groups -OCH3 is 1. The summed E-state index contributed by atoms with van der Waals surface area (Å²) >= 11 is 5.98. The van der Waals surface area contributed by atoms with E-state index in [4.69, 9.17) is 21.1 Å². The van der Waals surface area contributed by atoms with E-state index in [0.29, 0.717) is 5.56 Å². The van der Waals surface area contributed by atoms with Gasteiger partial charge in [0.2, 0.25) is 0 Å². The zero-order valence-corrected chi connectivity index (χ0v) is 19.4. The predicted octanol–water partition coefficient (Wildman–Crippen LogP) is 4.59. The number of carboxylic acids is 1. The number of nitrogens with one attached hydrogen (secondary N) is 1. The molecule has 2 aromatic carbocycles. The number of halogens is 2. The first kappa shape index (κ1) is 24.3.